The molecule has 1 unspecified atom stereocenters. The zero-order valence-corrected chi connectivity index (χ0v) is 11.5. The van der Waals surface area contributed by atoms with Crippen LogP contribution in [0.4, 0.5) is 13.2 Å². The van der Waals surface area contributed by atoms with Crippen molar-refractivity contribution in [2.45, 2.75) is 19.1 Å². The molecule has 2 N–H and O–H groups in total. The number of carbonyl (C=O) groups is 1. The molecule has 0 aliphatic rings. The number of amides is 1. The number of benzene rings is 1. The Bertz CT molecular complexity index is 667. The van der Waals surface area contributed by atoms with E-state index in [0.29, 0.717) is 5.69 Å². The third kappa shape index (κ3) is 3.28. The van der Waals surface area contributed by atoms with Crippen LogP contribution in [0.15, 0.2) is 35.1 Å². The molecule has 0 bridgehead atoms. The van der Waals surface area contributed by atoms with Crippen molar-refractivity contribution in [1.82, 2.24) is 10.3 Å². The zero-order valence-electron chi connectivity index (χ0n) is 11.5. The number of aryl methyl sites for hydroxylation is 1. The lowest BCUT2D eigenvalue weighted by molar-refractivity contribution is -0.138. The molecule has 0 saturated carbocycles. The van der Waals surface area contributed by atoms with E-state index in [2.05, 4.69) is 10.3 Å². The second-order valence-corrected chi connectivity index (χ2v) is 4.56. The number of aliphatic hydroxyl groups is 1. The number of halogens is 3. The molecule has 0 fully saturated rings. The summed E-state index contributed by atoms with van der Waals surface area (Å²) in [6.45, 7) is 0.835. The Morgan fingerprint density at radius 3 is 2.64 bits per heavy atom. The first-order valence-electron chi connectivity index (χ1n) is 6.32. The molecular weight excluding hydrogens is 301 g/mol. The third-order valence-electron chi connectivity index (χ3n) is 3.08. The standard InChI is InChI=1S/C14H13F3N2O3/c1-8-12(22-7-18-8)13(21)19-11(6-20)9-4-2-3-5-10(9)14(15,16)17/h2-5,7,11,20H,6H2,1H3,(H,19,21). The molecule has 2 aromatic rings. The summed E-state index contributed by atoms with van der Waals surface area (Å²) in [6, 6.07) is 3.53. The maximum Gasteiger partial charge on any atom is 0.416 e. The Labute approximate surface area is 123 Å². The number of aromatic nitrogens is 1. The summed E-state index contributed by atoms with van der Waals surface area (Å²) in [4.78, 5) is 15.7. The monoisotopic (exact) mass is 314 g/mol. The van der Waals surface area contributed by atoms with Gasteiger partial charge in [-0.25, -0.2) is 4.98 Å². The molecule has 5 nitrogen and oxygen atoms in total. The van der Waals surface area contributed by atoms with Gasteiger partial charge in [-0.3, -0.25) is 4.79 Å². The number of nitrogens with zero attached hydrogens (tertiary/aromatic N) is 1. The molecule has 1 amide bonds. The molecule has 0 radical (unpaired) electrons. The SMILES string of the molecule is Cc1ncoc1C(=O)NC(CO)c1ccccc1C(F)(F)F. The van der Waals surface area contributed by atoms with Crippen molar-refractivity contribution in [3.05, 3.63) is 53.2 Å². The summed E-state index contributed by atoms with van der Waals surface area (Å²) >= 11 is 0. The van der Waals surface area contributed by atoms with Crippen LogP contribution in [0, 0.1) is 6.92 Å². The van der Waals surface area contributed by atoms with E-state index in [9.17, 15) is 23.1 Å². The van der Waals surface area contributed by atoms with E-state index in [1.165, 1.54) is 25.1 Å². The third-order valence-corrected chi connectivity index (χ3v) is 3.08. The van der Waals surface area contributed by atoms with Crippen molar-refractivity contribution in [2.24, 2.45) is 0 Å². The van der Waals surface area contributed by atoms with E-state index in [1.807, 2.05) is 0 Å². The largest absolute Gasteiger partial charge is 0.438 e. The van der Waals surface area contributed by atoms with Gasteiger partial charge in [0.2, 0.25) is 5.76 Å². The second-order valence-electron chi connectivity index (χ2n) is 4.56. The highest BCUT2D eigenvalue weighted by atomic mass is 19.4. The van der Waals surface area contributed by atoms with Gasteiger partial charge in [-0.05, 0) is 18.6 Å². The number of hydrogen-bond acceptors (Lipinski definition) is 4. The van der Waals surface area contributed by atoms with Crippen LogP contribution >= 0.6 is 0 Å². The first kappa shape index (κ1) is 16.0. The minimum absolute atomic E-state index is 0.108. The molecule has 1 aromatic carbocycles. The lowest BCUT2D eigenvalue weighted by Crippen LogP contribution is -2.32. The first-order chi connectivity index (χ1) is 10.3. The minimum Gasteiger partial charge on any atom is -0.438 e. The van der Waals surface area contributed by atoms with Crippen molar-refractivity contribution >= 4 is 5.91 Å². The van der Waals surface area contributed by atoms with E-state index in [0.717, 1.165) is 12.5 Å². The Balaban J connectivity index is 2.30. The number of oxazole rings is 1. The predicted molar refractivity (Wildman–Crippen MR) is 70.0 cm³/mol. The van der Waals surface area contributed by atoms with Crippen LogP contribution < -0.4 is 5.32 Å². The lowest BCUT2D eigenvalue weighted by Gasteiger charge is -2.20. The van der Waals surface area contributed by atoms with Gasteiger partial charge in [0, 0.05) is 0 Å². The van der Waals surface area contributed by atoms with Crippen molar-refractivity contribution in [3.8, 4) is 0 Å². The molecule has 118 valence electrons. The van der Waals surface area contributed by atoms with Crippen molar-refractivity contribution < 1.29 is 27.5 Å². The van der Waals surface area contributed by atoms with E-state index >= 15 is 0 Å². The number of nitrogens with one attached hydrogen (secondary N) is 1. The molecule has 0 saturated heterocycles. The molecule has 1 atom stereocenters. The zero-order chi connectivity index (χ0) is 16.3. The summed E-state index contributed by atoms with van der Waals surface area (Å²) < 4.78 is 43.9. The van der Waals surface area contributed by atoms with Gasteiger partial charge in [0.15, 0.2) is 6.39 Å². The second kappa shape index (κ2) is 6.18. The summed E-state index contributed by atoms with van der Waals surface area (Å²) in [5.74, 6) is -0.853. The summed E-state index contributed by atoms with van der Waals surface area (Å²) in [7, 11) is 0. The highest BCUT2D eigenvalue weighted by Crippen LogP contribution is 2.34. The molecule has 1 heterocycles. The van der Waals surface area contributed by atoms with Gasteiger partial charge in [0.1, 0.15) is 0 Å². The fourth-order valence-corrected chi connectivity index (χ4v) is 2.02. The molecule has 0 aliphatic carbocycles. The van der Waals surface area contributed by atoms with Gasteiger partial charge in [-0.15, -0.1) is 0 Å². The summed E-state index contributed by atoms with van der Waals surface area (Å²) in [6.07, 6.45) is -3.53. The van der Waals surface area contributed by atoms with Gasteiger partial charge >= 0.3 is 6.18 Å². The van der Waals surface area contributed by atoms with Crippen molar-refractivity contribution in [3.63, 3.8) is 0 Å². The number of hydrogen-bond donors (Lipinski definition) is 2. The quantitative estimate of drug-likeness (QED) is 0.909. The molecular formula is C14H13F3N2O3. The maximum absolute atomic E-state index is 13.0. The van der Waals surface area contributed by atoms with E-state index in [4.69, 9.17) is 4.42 Å². The topological polar surface area (TPSA) is 75.4 Å². The van der Waals surface area contributed by atoms with Crippen LogP contribution in [0.1, 0.15) is 33.4 Å². The highest BCUT2D eigenvalue weighted by Gasteiger charge is 2.35. The molecule has 2 rings (SSSR count). The van der Waals surface area contributed by atoms with Gasteiger partial charge < -0.3 is 14.8 Å². The predicted octanol–water partition coefficient (Wildman–Crippen LogP) is 2.47. The van der Waals surface area contributed by atoms with Crippen molar-refractivity contribution in [2.75, 3.05) is 6.61 Å². The Morgan fingerprint density at radius 1 is 1.41 bits per heavy atom. The fourth-order valence-electron chi connectivity index (χ4n) is 2.02. The van der Waals surface area contributed by atoms with Gasteiger partial charge in [0.25, 0.3) is 5.91 Å². The lowest BCUT2D eigenvalue weighted by atomic mass is 10.00. The minimum atomic E-state index is -4.59. The van der Waals surface area contributed by atoms with Gasteiger partial charge in [-0.2, -0.15) is 13.2 Å². The van der Waals surface area contributed by atoms with E-state index in [1.54, 1.807) is 0 Å². The normalized spacial score (nSPS) is 13.0. The Morgan fingerprint density at radius 2 is 2.09 bits per heavy atom. The average Bonchev–Trinajstić information content (AvgIpc) is 2.90. The maximum atomic E-state index is 13.0. The van der Waals surface area contributed by atoms with Crippen LogP contribution in [0.3, 0.4) is 0 Å². The molecule has 8 heteroatoms. The Hall–Kier alpha value is -2.35. The van der Waals surface area contributed by atoms with Crippen LogP contribution in [0.25, 0.3) is 0 Å². The fraction of sp³-hybridized carbons (Fsp3) is 0.286. The smallest absolute Gasteiger partial charge is 0.416 e. The van der Waals surface area contributed by atoms with Crippen molar-refractivity contribution in [1.29, 1.82) is 0 Å². The molecule has 22 heavy (non-hydrogen) atoms. The van der Waals surface area contributed by atoms with Gasteiger partial charge in [0.05, 0.1) is 23.9 Å². The van der Waals surface area contributed by atoms with Crippen LogP contribution in [0.2, 0.25) is 0 Å². The number of carbonyl (C=O) groups excluding carboxylic acids is 1. The first-order valence-corrected chi connectivity index (χ1v) is 6.32. The van der Waals surface area contributed by atoms with Crippen LogP contribution in [-0.4, -0.2) is 22.6 Å². The number of aliphatic hydroxyl groups excluding tert-OH is 1. The number of alkyl halides is 3. The molecule has 1 aromatic heterocycles. The van der Waals surface area contributed by atoms with E-state index < -0.39 is 30.3 Å². The van der Waals surface area contributed by atoms with Crippen LogP contribution in [-0.2, 0) is 6.18 Å². The highest BCUT2D eigenvalue weighted by molar-refractivity contribution is 5.92. The molecule has 0 spiro atoms. The molecule has 0 aliphatic heterocycles. The average molecular weight is 314 g/mol. The van der Waals surface area contributed by atoms with E-state index in [-0.39, 0.29) is 11.3 Å². The Kier molecular flexibility index (Phi) is 4.51. The van der Waals surface area contributed by atoms with Gasteiger partial charge in [-0.1, -0.05) is 18.2 Å². The van der Waals surface area contributed by atoms with Crippen LogP contribution in [0.5, 0.6) is 0 Å². The summed E-state index contributed by atoms with van der Waals surface area (Å²) in [5.41, 5.74) is -0.829. The number of rotatable bonds is 4. The summed E-state index contributed by atoms with van der Waals surface area (Å²) in [5, 5.41) is 11.7.